The number of hydrogen-bond acceptors (Lipinski definition) is 0. The smallest absolute Gasteiger partial charge is 0.00201 e. The fourth-order valence-electron chi connectivity index (χ4n) is 18.2. The third-order valence-corrected chi connectivity index (χ3v) is 22.6. The molecule has 22 aromatic carbocycles. The van der Waals surface area contributed by atoms with Gasteiger partial charge in [-0.15, -0.1) is 0 Å². The zero-order chi connectivity index (χ0) is 66.7. The summed E-state index contributed by atoms with van der Waals surface area (Å²) < 4.78 is 0. The summed E-state index contributed by atoms with van der Waals surface area (Å²) in [5.41, 5.74) is 14.6. The summed E-state index contributed by atoms with van der Waals surface area (Å²) in [6, 6.07) is 138. The molecule has 0 saturated carbocycles. The predicted molar refractivity (Wildman–Crippen MR) is 442 cm³/mol. The molecule has 0 N–H and O–H groups in total. The van der Waals surface area contributed by atoms with E-state index >= 15 is 0 Å². The third kappa shape index (κ3) is 8.45. The molecule has 0 aliphatic heterocycles. The Labute approximate surface area is 588 Å². The highest BCUT2D eigenvalue weighted by molar-refractivity contribution is 6.31. The van der Waals surface area contributed by atoms with Crippen molar-refractivity contribution in [3.63, 3.8) is 0 Å². The Bertz CT molecular complexity index is 6550. The van der Waals surface area contributed by atoms with E-state index in [9.17, 15) is 0 Å². The summed E-state index contributed by atoms with van der Waals surface area (Å²) in [5, 5.41) is 37.1. The molecule has 102 heavy (non-hydrogen) atoms. The minimum Gasteiger partial charge on any atom is -0.0616 e. The number of fused-ring (bicyclic) bond motifs is 18. The molecule has 0 spiro atoms. The van der Waals surface area contributed by atoms with E-state index < -0.39 is 0 Å². The van der Waals surface area contributed by atoms with Crippen molar-refractivity contribution < 1.29 is 0 Å². The maximum atomic E-state index is 2.54. The van der Waals surface area contributed by atoms with Crippen LogP contribution in [0.5, 0.6) is 0 Å². The van der Waals surface area contributed by atoms with E-state index in [-0.39, 0.29) is 0 Å². The van der Waals surface area contributed by atoms with Crippen LogP contribution in [0.1, 0.15) is 0 Å². The van der Waals surface area contributed by atoms with Crippen molar-refractivity contribution in [3.05, 3.63) is 364 Å². The highest BCUT2D eigenvalue weighted by atomic mass is 14.3. The van der Waals surface area contributed by atoms with Gasteiger partial charge >= 0.3 is 0 Å². The van der Waals surface area contributed by atoms with Gasteiger partial charge in [-0.2, -0.15) is 0 Å². The van der Waals surface area contributed by atoms with Gasteiger partial charge in [0.2, 0.25) is 0 Å². The van der Waals surface area contributed by atoms with Crippen LogP contribution in [-0.2, 0) is 0 Å². The lowest BCUT2D eigenvalue weighted by Gasteiger charge is -2.23. The van der Waals surface area contributed by atoms with Crippen LogP contribution >= 0.6 is 0 Å². The zero-order valence-electron chi connectivity index (χ0n) is 55.6. The van der Waals surface area contributed by atoms with Crippen LogP contribution in [0.4, 0.5) is 0 Å². The van der Waals surface area contributed by atoms with Gasteiger partial charge in [0.15, 0.2) is 0 Å². The molecular formula is C102H60. The molecule has 0 aliphatic rings. The molecule has 0 bridgehead atoms. The standard InChI is InChI=1S/C102H60/c1-4-25-64-58-94-67(52-61(64)22-1)46-49-76-73(94)40-19-43-79(76)100-88-34-13-7-28-82(88)97(83-29-8-14-35-89(83)100)70-55-71(98-84-30-9-15-36-90(84)101(91-37-16-10-31-85(91)98)80-44-20-41-74-77(80)50-47-68-53-62-23-2-5-26-65(62)59-95(68)74)57-72(56-70)99-86-32-11-17-38-92(86)102(93-39-18-12-33-87(93)99)81-45-21-42-75-78(81)51-48-69-54-63-24-3-6-27-66(63)60-96(69)75/h1-60H. The number of rotatable bonds is 6. The topological polar surface area (TPSA) is 0 Å². The van der Waals surface area contributed by atoms with Gasteiger partial charge in [0.05, 0.1) is 0 Å². The minimum atomic E-state index is 1.16. The lowest BCUT2D eigenvalue weighted by Crippen LogP contribution is -1.96. The van der Waals surface area contributed by atoms with Crippen LogP contribution in [-0.4, -0.2) is 0 Å². The first-order valence-electron chi connectivity index (χ1n) is 35.6. The Balaban J connectivity index is 0.835. The van der Waals surface area contributed by atoms with Crippen molar-refractivity contribution in [2.45, 2.75) is 0 Å². The van der Waals surface area contributed by atoms with Gasteiger partial charge in [-0.3, -0.25) is 0 Å². The Morgan fingerprint density at radius 3 is 0.529 bits per heavy atom. The second kappa shape index (κ2) is 22.1. The number of hydrogen-bond donors (Lipinski definition) is 0. The van der Waals surface area contributed by atoms with Crippen LogP contribution in [0.3, 0.4) is 0 Å². The molecule has 0 unspecified atom stereocenters. The summed E-state index contributed by atoms with van der Waals surface area (Å²) in [6.07, 6.45) is 0. The van der Waals surface area contributed by atoms with Crippen LogP contribution in [0, 0.1) is 0 Å². The quantitative estimate of drug-likeness (QED) is 0.115. The monoisotopic (exact) mass is 1280 g/mol. The molecule has 0 heteroatoms. The Kier molecular flexibility index (Phi) is 12.3. The highest BCUT2D eigenvalue weighted by Gasteiger charge is 2.26. The molecule has 0 amide bonds. The van der Waals surface area contributed by atoms with E-state index in [4.69, 9.17) is 0 Å². The van der Waals surface area contributed by atoms with E-state index in [1.54, 1.807) is 0 Å². The van der Waals surface area contributed by atoms with E-state index in [1.807, 2.05) is 0 Å². The second-order valence-corrected chi connectivity index (χ2v) is 28.0. The van der Waals surface area contributed by atoms with E-state index in [2.05, 4.69) is 364 Å². The Morgan fingerprint density at radius 2 is 0.294 bits per heavy atom. The van der Waals surface area contributed by atoms with Crippen molar-refractivity contribution in [2.24, 2.45) is 0 Å². The lowest BCUT2D eigenvalue weighted by molar-refractivity contribution is 1.63. The van der Waals surface area contributed by atoms with Crippen LogP contribution in [0.25, 0.3) is 228 Å². The van der Waals surface area contributed by atoms with Crippen molar-refractivity contribution in [3.8, 4) is 66.8 Å². The number of benzene rings is 22. The van der Waals surface area contributed by atoms with E-state index in [0.717, 1.165) is 16.7 Å². The first-order valence-corrected chi connectivity index (χ1v) is 35.6. The largest absolute Gasteiger partial charge is 0.0616 e. The minimum absolute atomic E-state index is 1.16. The fraction of sp³-hybridized carbons (Fsp3) is 0. The Hall–Kier alpha value is -13.3. The SMILES string of the molecule is c1ccc2cc3c(ccc4c(-c5c6ccccc6c(-c6cc(-c7c8ccccc8c(-c8cccc9c8ccc8cc%10ccccc%10cc89)c8ccccc78)cc(-c7c8ccccc8c(-c8cccc9c8ccc8cc%10ccccc%10cc89)c8ccccc78)c6)c6ccccc56)cccc43)cc2c1. The molecule has 0 fully saturated rings. The molecule has 0 atom stereocenters. The highest BCUT2D eigenvalue weighted by Crippen LogP contribution is 2.53. The summed E-state index contributed by atoms with van der Waals surface area (Å²) in [7, 11) is 0. The second-order valence-electron chi connectivity index (χ2n) is 28.0. The molecule has 0 radical (unpaired) electrons. The summed E-state index contributed by atoms with van der Waals surface area (Å²) in [4.78, 5) is 0. The van der Waals surface area contributed by atoms with Gasteiger partial charge in [-0.25, -0.2) is 0 Å². The summed E-state index contributed by atoms with van der Waals surface area (Å²) in [6.45, 7) is 0. The molecule has 0 heterocycles. The normalized spacial score (nSPS) is 12.1. The van der Waals surface area contributed by atoms with Crippen LogP contribution in [0.2, 0.25) is 0 Å². The molecular weight excluding hydrogens is 1230 g/mol. The average molecular weight is 1290 g/mol. The molecule has 0 nitrogen and oxygen atoms in total. The van der Waals surface area contributed by atoms with Gasteiger partial charge in [0, 0.05) is 0 Å². The molecule has 22 aromatic rings. The summed E-state index contributed by atoms with van der Waals surface area (Å²) >= 11 is 0. The average Bonchev–Trinajstić information content (AvgIpc) is 0.714. The Morgan fingerprint density at radius 1 is 0.0980 bits per heavy atom. The third-order valence-electron chi connectivity index (χ3n) is 22.6. The van der Waals surface area contributed by atoms with Gasteiger partial charge in [0.1, 0.15) is 0 Å². The van der Waals surface area contributed by atoms with Gasteiger partial charge in [-0.1, -0.05) is 309 Å². The van der Waals surface area contributed by atoms with Crippen molar-refractivity contribution >= 4 is 162 Å². The van der Waals surface area contributed by atoms with Crippen LogP contribution in [0.15, 0.2) is 364 Å². The van der Waals surface area contributed by atoms with Gasteiger partial charge in [-0.05, 0) is 283 Å². The molecule has 0 aliphatic carbocycles. The lowest BCUT2D eigenvalue weighted by atomic mass is 9.80. The van der Waals surface area contributed by atoms with Crippen molar-refractivity contribution in [1.29, 1.82) is 0 Å². The molecule has 0 saturated heterocycles. The van der Waals surface area contributed by atoms with Gasteiger partial charge < -0.3 is 0 Å². The summed E-state index contributed by atoms with van der Waals surface area (Å²) in [5.74, 6) is 0. The molecule has 468 valence electrons. The maximum Gasteiger partial charge on any atom is -0.00201 e. The van der Waals surface area contributed by atoms with Crippen molar-refractivity contribution in [1.82, 2.24) is 0 Å². The molecule has 0 aromatic heterocycles. The fourth-order valence-corrected chi connectivity index (χ4v) is 18.2. The van der Waals surface area contributed by atoms with Gasteiger partial charge in [0.25, 0.3) is 0 Å². The van der Waals surface area contributed by atoms with Crippen molar-refractivity contribution in [2.75, 3.05) is 0 Å². The maximum absolute atomic E-state index is 2.54. The van der Waals surface area contributed by atoms with E-state index in [1.165, 1.54) is 212 Å². The van der Waals surface area contributed by atoms with Crippen LogP contribution < -0.4 is 0 Å². The molecule has 22 rings (SSSR count). The first-order chi connectivity index (χ1) is 50.6. The predicted octanol–water partition coefficient (Wildman–Crippen LogP) is 29.0. The first kappa shape index (κ1) is 56.7. The van der Waals surface area contributed by atoms with E-state index in [0.29, 0.717) is 0 Å². The zero-order valence-corrected chi connectivity index (χ0v) is 55.6.